The van der Waals surface area contributed by atoms with Gasteiger partial charge >= 0.3 is 0 Å². The van der Waals surface area contributed by atoms with E-state index < -0.39 is 28.5 Å². The van der Waals surface area contributed by atoms with Crippen LogP contribution in [-0.4, -0.2) is 57.6 Å². The Balaban J connectivity index is 2.39. The van der Waals surface area contributed by atoms with Crippen LogP contribution in [0.4, 0.5) is 5.69 Å². The molecule has 2 aromatic carbocycles. The van der Waals surface area contributed by atoms with Crippen molar-refractivity contribution in [2.45, 2.75) is 33.4 Å². The molecule has 0 aliphatic rings. The smallest absolute Gasteiger partial charge is 0.244 e. The Morgan fingerprint density at radius 3 is 2.30 bits per heavy atom. The summed E-state index contributed by atoms with van der Waals surface area (Å²) in [5.74, 6) is -0.464. The predicted octanol–water partition coefficient (Wildman–Crippen LogP) is 2.98. The van der Waals surface area contributed by atoms with E-state index in [-0.39, 0.29) is 23.2 Å². The molecule has 0 heterocycles. The van der Waals surface area contributed by atoms with Crippen molar-refractivity contribution in [3.63, 3.8) is 0 Å². The van der Waals surface area contributed by atoms with Gasteiger partial charge in [-0.2, -0.15) is 0 Å². The summed E-state index contributed by atoms with van der Waals surface area (Å²) in [4.78, 5) is 27.3. The maximum atomic E-state index is 13.4. The Labute approximate surface area is 200 Å². The number of methoxy groups -OCH3 is 1. The Morgan fingerprint density at radius 2 is 1.79 bits per heavy atom. The Morgan fingerprint density at radius 1 is 1.15 bits per heavy atom. The van der Waals surface area contributed by atoms with Crippen LogP contribution >= 0.6 is 11.6 Å². The monoisotopic (exact) mass is 495 g/mol. The summed E-state index contributed by atoms with van der Waals surface area (Å²) in [5.41, 5.74) is 2.11. The molecule has 1 unspecified atom stereocenters. The summed E-state index contributed by atoms with van der Waals surface area (Å²) >= 11 is 6.17. The first kappa shape index (κ1) is 26.5. The van der Waals surface area contributed by atoms with Gasteiger partial charge in [-0.15, -0.1) is 0 Å². The van der Waals surface area contributed by atoms with Crippen LogP contribution in [0.25, 0.3) is 0 Å². The molecule has 0 aromatic heterocycles. The normalized spacial score (nSPS) is 12.1. The fraction of sp³-hybridized carbons (Fsp3) is 0.391. The number of nitrogens with zero attached hydrogens (tertiary/aromatic N) is 2. The van der Waals surface area contributed by atoms with Crippen LogP contribution in [0.15, 0.2) is 42.5 Å². The molecule has 10 heteroatoms. The molecule has 1 N–H and O–H groups in total. The van der Waals surface area contributed by atoms with E-state index in [1.165, 1.54) is 30.2 Å². The van der Waals surface area contributed by atoms with E-state index in [0.29, 0.717) is 12.3 Å². The minimum atomic E-state index is -3.83. The maximum Gasteiger partial charge on any atom is 0.244 e. The van der Waals surface area contributed by atoms with Crippen molar-refractivity contribution in [2.24, 2.45) is 0 Å². The van der Waals surface area contributed by atoms with Gasteiger partial charge in [0.25, 0.3) is 0 Å². The van der Waals surface area contributed by atoms with Gasteiger partial charge in [0.05, 0.1) is 24.1 Å². The summed E-state index contributed by atoms with van der Waals surface area (Å²) in [5, 5.41) is 2.93. The zero-order valence-electron chi connectivity index (χ0n) is 19.5. The number of hydrogen-bond donors (Lipinski definition) is 1. The van der Waals surface area contributed by atoms with E-state index in [2.05, 4.69) is 5.32 Å². The summed E-state index contributed by atoms with van der Waals surface area (Å²) in [6.45, 7) is 5.43. The highest BCUT2D eigenvalue weighted by molar-refractivity contribution is 7.92. The van der Waals surface area contributed by atoms with E-state index in [9.17, 15) is 18.0 Å². The second-order valence-electron chi connectivity index (χ2n) is 7.67. The molecule has 0 aliphatic heterocycles. The van der Waals surface area contributed by atoms with Gasteiger partial charge < -0.3 is 15.0 Å². The van der Waals surface area contributed by atoms with E-state index in [1.54, 1.807) is 13.8 Å². The number of ether oxygens (including phenoxy) is 1. The minimum Gasteiger partial charge on any atom is -0.495 e. The van der Waals surface area contributed by atoms with Gasteiger partial charge in [-0.1, -0.05) is 41.4 Å². The Hall–Kier alpha value is -2.78. The van der Waals surface area contributed by atoms with E-state index >= 15 is 0 Å². The van der Waals surface area contributed by atoms with Crippen LogP contribution in [-0.2, 0) is 26.2 Å². The number of anilines is 1. The van der Waals surface area contributed by atoms with Crippen molar-refractivity contribution in [1.82, 2.24) is 10.2 Å². The molecule has 0 saturated carbocycles. The van der Waals surface area contributed by atoms with Crippen LogP contribution in [0.1, 0.15) is 25.0 Å². The quantitative estimate of drug-likeness (QED) is 0.546. The summed E-state index contributed by atoms with van der Waals surface area (Å²) < 4.78 is 31.2. The van der Waals surface area contributed by atoms with Gasteiger partial charge in [-0.3, -0.25) is 13.9 Å². The molecule has 8 nitrogen and oxygen atoms in total. The summed E-state index contributed by atoms with van der Waals surface area (Å²) in [6.07, 6.45) is 1.01. The highest BCUT2D eigenvalue weighted by Gasteiger charge is 2.30. The third-order valence-corrected chi connectivity index (χ3v) is 6.53. The third kappa shape index (κ3) is 7.10. The number of sulfonamides is 1. The zero-order valence-corrected chi connectivity index (χ0v) is 21.0. The lowest BCUT2D eigenvalue weighted by molar-refractivity contribution is -0.139. The van der Waals surface area contributed by atoms with Crippen molar-refractivity contribution in [1.29, 1.82) is 0 Å². The van der Waals surface area contributed by atoms with Crippen LogP contribution in [0.3, 0.4) is 0 Å². The van der Waals surface area contributed by atoms with Gasteiger partial charge in [0.2, 0.25) is 21.8 Å². The topological polar surface area (TPSA) is 96.0 Å². The number of rotatable bonds is 10. The molecule has 2 amide bonds. The number of carbonyl (C=O) groups excluding carboxylic acids is 2. The molecule has 33 heavy (non-hydrogen) atoms. The number of amides is 2. The minimum absolute atomic E-state index is 0.151. The molecule has 180 valence electrons. The zero-order chi connectivity index (χ0) is 24.8. The number of halogens is 1. The molecule has 0 spiro atoms. The largest absolute Gasteiger partial charge is 0.495 e. The van der Waals surface area contributed by atoms with E-state index in [1.807, 2.05) is 31.2 Å². The number of likely N-dealkylation sites (N-methyl/N-ethyl adjacent to an activating group) is 1. The van der Waals surface area contributed by atoms with Crippen LogP contribution in [0, 0.1) is 6.92 Å². The van der Waals surface area contributed by atoms with Crippen LogP contribution in [0.2, 0.25) is 5.02 Å². The standard InChI is InChI=1S/C23H30ClN3O5S/c1-6-25-23(29)17(3)26(14-18-9-7-16(2)8-10-18)22(28)15-27(33(5,30)31)19-11-12-21(32-4)20(24)13-19/h7-13,17H,6,14-15H2,1-5H3,(H,25,29). The lowest BCUT2D eigenvalue weighted by Gasteiger charge is -2.31. The number of carbonyl (C=O) groups is 2. The number of hydrogen-bond acceptors (Lipinski definition) is 5. The molecular formula is C23H30ClN3O5S. The Kier molecular flexibility index (Phi) is 9.13. The molecule has 2 aromatic rings. The first-order valence-corrected chi connectivity index (χ1v) is 12.6. The van der Waals surface area contributed by atoms with Crippen molar-refractivity contribution in [3.05, 3.63) is 58.6 Å². The SMILES string of the molecule is CCNC(=O)C(C)N(Cc1ccc(C)cc1)C(=O)CN(c1ccc(OC)c(Cl)c1)S(C)(=O)=O. The molecule has 0 saturated heterocycles. The fourth-order valence-corrected chi connectivity index (χ4v) is 4.31. The predicted molar refractivity (Wildman–Crippen MR) is 130 cm³/mol. The molecule has 0 fully saturated rings. The molecule has 2 rings (SSSR count). The molecule has 1 atom stereocenters. The lowest BCUT2D eigenvalue weighted by Crippen LogP contribution is -2.51. The van der Waals surface area contributed by atoms with Crippen molar-refractivity contribution in [2.75, 3.05) is 30.8 Å². The highest BCUT2D eigenvalue weighted by atomic mass is 35.5. The van der Waals surface area contributed by atoms with E-state index in [0.717, 1.165) is 21.7 Å². The number of nitrogens with one attached hydrogen (secondary N) is 1. The van der Waals surface area contributed by atoms with Crippen LogP contribution in [0.5, 0.6) is 5.75 Å². The molecule has 0 bridgehead atoms. The van der Waals surface area contributed by atoms with E-state index in [4.69, 9.17) is 16.3 Å². The van der Waals surface area contributed by atoms with Crippen molar-refractivity contribution >= 4 is 39.1 Å². The van der Waals surface area contributed by atoms with Gasteiger partial charge in [0.1, 0.15) is 18.3 Å². The first-order valence-electron chi connectivity index (χ1n) is 10.4. The fourth-order valence-electron chi connectivity index (χ4n) is 3.22. The molecule has 0 aliphatic carbocycles. The lowest BCUT2D eigenvalue weighted by atomic mass is 10.1. The van der Waals surface area contributed by atoms with Gasteiger partial charge in [-0.05, 0) is 44.5 Å². The summed E-state index contributed by atoms with van der Waals surface area (Å²) in [6, 6.07) is 11.2. The second-order valence-corrected chi connectivity index (χ2v) is 9.98. The van der Waals surface area contributed by atoms with Gasteiger partial charge in [-0.25, -0.2) is 8.42 Å². The average Bonchev–Trinajstić information content (AvgIpc) is 2.75. The Bertz CT molecular complexity index is 1090. The third-order valence-electron chi connectivity index (χ3n) is 5.09. The molecular weight excluding hydrogens is 466 g/mol. The maximum absolute atomic E-state index is 13.4. The number of aryl methyl sites for hydroxylation is 1. The molecule has 0 radical (unpaired) electrons. The van der Waals surface area contributed by atoms with Crippen LogP contribution < -0.4 is 14.4 Å². The first-order chi connectivity index (χ1) is 15.5. The summed E-state index contributed by atoms with van der Waals surface area (Å²) in [7, 11) is -2.38. The highest BCUT2D eigenvalue weighted by Crippen LogP contribution is 2.30. The van der Waals surface area contributed by atoms with Crippen molar-refractivity contribution in [3.8, 4) is 5.75 Å². The van der Waals surface area contributed by atoms with Crippen molar-refractivity contribution < 1.29 is 22.7 Å². The average molecular weight is 496 g/mol. The van der Waals surface area contributed by atoms with Gasteiger partial charge in [0, 0.05) is 13.1 Å². The van der Waals surface area contributed by atoms with Gasteiger partial charge in [0.15, 0.2) is 0 Å². The second kappa shape index (κ2) is 11.4. The number of benzene rings is 2.